The summed E-state index contributed by atoms with van der Waals surface area (Å²) >= 11 is 0. The lowest BCUT2D eigenvalue weighted by Gasteiger charge is -2.36. The smallest absolute Gasteiger partial charge is 0.126 e. The van der Waals surface area contributed by atoms with E-state index in [2.05, 4.69) is 4.98 Å². The highest BCUT2D eigenvalue weighted by molar-refractivity contribution is 5.39. The van der Waals surface area contributed by atoms with Crippen LogP contribution in [0.5, 0.6) is 0 Å². The van der Waals surface area contributed by atoms with E-state index in [-0.39, 0.29) is 0 Å². The normalized spacial score (nSPS) is 13.6. The first-order valence-electron chi connectivity index (χ1n) is 6.61. The first-order chi connectivity index (χ1) is 8.59. The van der Waals surface area contributed by atoms with Gasteiger partial charge in [-0.15, -0.1) is 0 Å². The van der Waals surface area contributed by atoms with Crippen LogP contribution in [0.15, 0.2) is 18.3 Å². The van der Waals surface area contributed by atoms with Crippen LogP contribution in [0.2, 0.25) is 0 Å². The summed E-state index contributed by atoms with van der Waals surface area (Å²) in [6.07, 6.45) is 3.11. The third-order valence-corrected chi connectivity index (χ3v) is 3.58. The van der Waals surface area contributed by atoms with Crippen molar-refractivity contribution in [2.24, 2.45) is 0 Å². The van der Waals surface area contributed by atoms with E-state index >= 15 is 0 Å². The molecule has 4 heteroatoms. The van der Waals surface area contributed by atoms with Crippen molar-refractivity contribution in [1.82, 2.24) is 4.98 Å². The number of pyridine rings is 1. The lowest BCUT2D eigenvalue weighted by molar-refractivity contribution is -0.124. The van der Waals surface area contributed by atoms with Crippen molar-refractivity contribution in [2.45, 2.75) is 51.7 Å². The number of aliphatic hydroxyl groups excluding tert-OH is 1. The van der Waals surface area contributed by atoms with Gasteiger partial charge in [-0.1, -0.05) is 19.9 Å². The number of hydrogen-bond acceptors (Lipinski definition) is 4. The zero-order valence-electron chi connectivity index (χ0n) is 11.5. The van der Waals surface area contributed by atoms with Gasteiger partial charge >= 0.3 is 0 Å². The SMILES string of the molecule is CCOC(CC)(CC)C(O)Cc1cccnc1N. The molecule has 102 valence electrons. The molecular formula is C14H24N2O2. The molecule has 4 nitrogen and oxygen atoms in total. The molecule has 1 atom stereocenters. The highest BCUT2D eigenvalue weighted by atomic mass is 16.5. The van der Waals surface area contributed by atoms with Crippen molar-refractivity contribution in [3.63, 3.8) is 0 Å². The maximum absolute atomic E-state index is 10.5. The van der Waals surface area contributed by atoms with E-state index < -0.39 is 11.7 Å². The second-order valence-corrected chi connectivity index (χ2v) is 4.47. The Hall–Kier alpha value is -1.13. The van der Waals surface area contributed by atoms with Crippen LogP contribution in [0.4, 0.5) is 5.82 Å². The molecule has 0 aliphatic carbocycles. The third kappa shape index (κ3) is 3.21. The van der Waals surface area contributed by atoms with Gasteiger partial charge in [-0.05, 0) is 31.4 Å². The van der Waals surface area contributed by atoms with Crippen LogP contribution in [-0.4, -0.2) is 28.4 Å². The first kappa shape index (κ1) is 14.9. The van der Waals surface area contributed by atoms with Crippen molar-refractivity contribution in [3.8, 4) is 0 Å². The second-order valence-electron chi connectivity index (χ2n) is 4.47. The van der Waals surface area contributed by atoms with Crippen LogP contribution >= 0.6 is 0 Å². The molecule has 1 aromatic heterocycles. The van der Waals surface area contributed by atoms with Crippen molar-refractivity contribution in [3.05, 3.63) is 23.9 Å². The number of nitrogens with zero attached hydrogens (tertiary/aromatic N) is 1. The fraction of sp³-hybridized carbons (Fsp3) is 0.643. The molecule has 0 bridgehead atoms. The van der Waals surface area contributed by atoms with Crippen molar-refractivity contribution in [1.29, 1.82) is 0 Å². The fourth-order valence-electron chi connectivity index (χ4n) is 2.33. The Morgan fingerprint density at radius 3 is 2.56 bits per heavy atom. The summed E-state index contributed by atoms with van der Waals surface area (Å²) in [6, 6.07) is 3.73. The molecule has 1 heterocycles. The molecule has 18 heavy (non-hydrogen) atoms. The van der Waals surface area contributed by atoms with Crippen LogP contribution < -0.4 is 5.73 Å². The number of hydrogen-bond donors (Lipinski definition) is 2. The minimum Gasteiger partial charge on any atom is -0.390 e. The molecule has 1 unspecified atom stereocenters. The molecule has 3 N–H and O–H groups in total. The molecule has 0 aliphatic heterocycles. The molecular weight excluding hydrogens is 228 g/mol. The Balaban J connectivity index is 2.85. The Morgan fingerprint density at radius 2 is 2.06 bits per heavy atom. The van der Waals surface area contributed by atoms with E-state index in [9.17, 15) is 5.11 Å². The summed E-state index contributed by atoms with van der Waals surface area (Å²) in [5.74, 6) is 0.481. The topological polar surface area (TPSA) is 68.4 Å². The number of rotatable bonds is 7. The average Bonchev–Trinajstić information content (AvgIpc) is 2.38. The number of aliphatic hydroxyl groups is 1. The first-order valence-corrected chi connectivity index (χ1v) is 6.61. The number of aromatic nitrogens is 1. The van der Waals surface area contributed by atoms with Gasteiger partial charge in [-0.3, -0.25) is 0 Å². The van der Waals surface area contributed by atoms with Crippen LogP contribution in [0.1, 0.15) is 39.2 Å². The molecule has 0 aliphatic rings. The van der Waals surface area contributed by atoms with E-state index in [1.807, 2.05) is 32.9 Å². The van der Waals surface area contributed by atoms with Crippen LogP contribution in [0.25, 0.3) is 0 Å². The summed E-state index contributed by atoms with van der Waals surface area (Å²) in [6.45, 7) is 6.62. The highest BCUT2D eigenvalue weighted by Crippen LogP contribution is 2.28. The third-order valence-electron chi connectivity index (χ3n) is 3.58. The van der Waals surface area contributed by atoms with E-state index in [4.69, 9.17) is 10.5 Å². The molecule has 0 saturated carbocycles. The van der Waals surface area contributed by atoms with Gasteiger partial charge in [0.2, 0.25) is 0 Å². The summed E-state index contributed by atoms with van der Waals surface area (Å²) in [7, 11) is 0. The van der Waals surface area contributed by atoms with Crippen molar-refractivity contribution >= 4 is 5.82 Å². The van der Waals surface area contributed by atoms with Gasteiger partial charge in [-0.25, -0.2) is 4.98 Å². The second kappa shape index (κ2) is 6.71. The molecule has 0 amide bonds. The monoisotopic (exact) mass is 252 g/mol. The zero-order chi connectivity index (χ0) is 13.6. The summed E-state index contributed by atoms with van der Waals surface area (Å²) in [5, 5.41) is 10.5. The lowest BCUT2D eigenvalue weighted by Crippen LogP contribution is -2.45. The van der Waals surface area contributed by atoms with Gasteiger partial charge in [0.15, 0.2) is 0 Å². The molecule has 0 fully saturated rings. The molecule has 1 rings (SSSR count). The van der Waals surface area contributed by atoms with Crippen LogP contribution in [0, 0.1) is 0 Å². The average molecular weight is 252 g/mol. The van der Waals surface area contributed by atoms with Gasteiger partial charge in [-0.2, -0.15) is 0 Å². The minimum absolute atomic E-state index is 0.474. The van der Waals surface area contributed by atoms with Crippen LogP contribution in [-0.2, 0) is 11.2 Å². The zero-order valence-corrected chi connectivity index (χ0v) is 11.5. The van der Waals surface area contributed by atoms with E-state index in [1.165, 1.54) is 0 Å². The van der Waals surface area contributed by atoms with Gasteiger partial charge < -0.3 is 15.6 Å². The van der Waals surface area contributed by atoms with Gasteiger partial charge in [0.05, 0.1) is 11.7 Å². The Morgan fingerprint density at radius 1 is 1.39 bits per heavy atom. The number of nitrogen functional groups attached to an aromatic ring is 1. The molecule has 0 saturated heterocycles. The van der Waals surface area contributed by atoms with Crippen LogP contribution in [0.3, 0.4) is 0 Å². The Labute approximate surface area is 109 Å². The Kier molecular flexibility index (Phi) is 5.56. The number of anilines is 1. The fourth-order valence-corrected chi connectivity index (χ4v) is 2.33. The molecule has 0 spiro atoms. The van der Waals surface area contributed by atoms with E-state index in [0.29, 0.717) is 18.8 Å². The largest absolute Gasteiger partial charge is 0.390 e. The standard InChI is InChI=1S/C14H24N2O2/c1-4-14(5-2,18-6-3)12(17)10-11-8-7-9-16-13(11)15/h7-9,12,17H,4-6,10H2,1-3H3,(H2,15,16). The highest BCUT2D eigenvalue weighted by Gasteiger charge is 2.35. The molecule has 0 radical (unpaired) electrons. The summed E-state index contributed by atoms with van der Waals surface area (Å²) in [5.41, 5.74) is 6.19. The predicted octanol–water partition coefficient (Wildman–Crippen LogP) is 2.16. The van der Waals surface area contributed by atoms with E-state index in [0.717, 1.165) is 18.4 Å². The molecule has 1 aromatic rings. The van der Waals surface area contributed by atoms with Gasteiger partial charge in [0.1, 0.15) is 5.82 Å². The van der Waals surface area contributed by atoms with Crippen molar-refractivity contribution in [2.75, 3.05) is 12.3 Å². The maximum atomic E-state index is 10.5. The van der Waals surface area contributed by atoms with Crippen molar-refractivity contribution < 1.29 is 9.84 Å². The quantitative estimate of drug-likeness (QED) is 0.780. The number of nitrogens with two attached hydrogens (primary N) is 1. The van der Waals surface area contributed by atoms with E-state index in [1.54, 1.807) is 6.20 Å². The Bertz CT molecular complexity index is 365. The maximum Gasteiger partial charge on any atom is 0.126 e. The lowest BCUT2D eigenvalue weighted by atomic mass is 9.86. The van der Waals surface area contributed by atoms with Gasteiger partial charge in [0, 0.05) is 19.2 Å². The van der Waals surface area contributed by atoms with Gasteiger partial charge in [0.25, 0.3) is 0 Å². The molecule has 0 aromatic carbocycles. The summed E-state index contributed by atoms with van der Waals surface area (Å²) in [4.78, 5) is 4.04. The minimum atomic E-state index is -0.570. The summed E-state index contributed by atoms with van der Waals surface area (Å²) < 4.78 is 5.79. The predicted molar refractivity (Wildman–Crippen MR) is 73.3 cm³/mol. The number of ether oxygens (including phenoxy) is 1.